The normalized spacial score (nSPS) is 21.6. The zero-order valence-corrected chi connectivity index (χ0v) is 9.80. The molecule has 0 radical (unpaired) electrons. The lowest BCUT2D eigenvalue weighted by Gasteiger charge is -2.07. The van der Waals surface area contributed by atoms with Crippen LogP contribution in [0.5, 0.6) is 0 Å². The smallest absolute Gasteiger partial charge is 0.251 e. The maximum absolute atomic E-state index is 13.3. The lowest BCUT2D eigenvalue weighted by atomic mass is 10.1. The molecule has 0 unspecified atom stereocenters. The first-order chi connectivity index (χ1) is 7.40. The maximum atomic E-state index is 13.3. The van der Waals surface area contributed by atoms with Crippen LogP contribution in [-0.2, 0) is 0 Å². The van der Waals surface area contributed by atoms with Crippen LogP contribution in [0.4, 0.5) is 4.39 Å². The number of hydrogen-bond acceptors (Lipinski definition) is 1. The lowest BCUT2D eigenvalue weighted by molar-refractivity contribution is 0.0946. The molecule has 1 atom stereocenters. The molecule has 1 aliphatic carbocycles. The third kappa shape index (κ3) is 2.08. The number of halogens is 1. The van der Waals surface area contributed by atoms with E-state index in [1.54, 1.807) is 19.1 Å². The summed E-state index contributed by atoms with van der Waals surface area (Å²) in [6, 6.07) is 4.80. The van der Waals surface area contributed by atoms with Gasteiger partial charge in [-0.05, 0) is 36.5 Å². The van der Waals surface area contributed by atoms with Crippen LogP contribution < -0.4 is 5.32 Å². The Balaban J connectivity index is 2.07. The molecule has 0 aliphatic heterocycles. The van der Waals surface area contributed by atoms with Crippen molar-refractivity contribution in [3.63, 3.8) is 0 Å². The number of hydrogen-bond donors (Lipinski definition) is 1. The van der Waals surface area contributed by atoms with Crippen molar-refractivity contribution in [1.82, 2.24) is 5.32 Å². The average molecular weight is 221 g/mol. The Hall–Kier alpha value is -1.38. The summed E-state index contributed by atoms with van der Waals surface area (Å²) in [4.78, 5) is 11.8. The molecule has 1 aromatic rings. The predicted molar refractivity (Wildman–Crippen MR) is 60.8 cm³/mol. The molecule has 1 N–H and O–H groups in total. The molecule has 0 saturated heterocycles. The molecule has 0 aromatic heterocycles. The highest BCUT2D eigenvalue weighted by Crippen LogP contribution is 2.44. The van der Waals surface area contributed by atoms with Crippen LogP contribution in [0.3, 0.4) is 0 Å². The SMILES string of the molecule is Cc1ccc(C(=O)N[C@H]2CC2(C)C)cc1F. The number of aryl methyl sites for hydroxylation is 1. The second-order valence-electron chi connectivity index (χ2n) is 5.18. The van der Waals surface area contributed by atoms with Gasteiger partial charge in [-0.25, -0.2) is 4.39 Å². The van der Waals surface area contributed by atoms with Gasteiger partial charge in [0.2, 0.25) is 0 Å². The Morgan fingerprint density at radius 2 is 2.12 bits per heavy atom. The van der Waals surface area contributed by atoms with Gasteiger partial charge in [-0.1, -0.05) is 19.9 Å². The molecule has 3 heteroatoms. The summed E-state index contributed by atoms with van der Waals surface area (Å²) in [5.41, 5.74) is 1.15. The number of rotatable bonds is 2. The second-order valence-corrected chi connectivity index (χ2v) is 5.18. The van der Waals surface area contributed by atoms with Crippen LogP contribution in [0.1, 0.15) is 36.2 Å². The minimum absolute atomic E-state index is 0.186. The van der Waals surface area contributed by atoms with E-state index in [1.165, 1.54) is 6.07 Å². The van der Waals surface area contributed by atoms with Crippen molar-refractivity contribution in [1.29, 1.82) is 0 Å². The van der Waals surface area contributed by atoms with Gasteiger partial charge in [0.15, 0.2) is 0 Å². The summed E-state index contributed by atoms with van der Waals surface area (Å²) in [5.74, 6) is -0.516. The number of benzene rings is 1. The number of nitrogens with one attached hydrogen (secondary N) is 1. The topological polar surface area (TPSA) is 29.1 Å². The zero-order chi connectivity index (χ0) is 11.9. The molecule has 0 spiro atoms. The van der Waals surface area contributed by atoms with Gasteiger partial charge >= 0.3 is 0 Å². The molecule has 1 aliphatic rings. The Bertz CT molecular complexity index is 440. The van der Waals surface area contributed by atoms with E-state index in [2.05, 4.69) is 19.2 Å². The van der Waals surface area contributed by atoms with Crippen molar-refractivity contribution < 1.29 is 9.18 Å². The number of carbonyl (C=O) groups is 1. The van der Waals surface area contributed by atoms with Gasteiger partial charge in [0, 0.05) is 11.6 Å². The minimum Gasteiger partial charge on any atom is -0.349 e. The Kier molecular flexibility index (Phi) is 2.49. The highest BCUT2D eigenvalue weighted by Gasteiger charge is 2.46. The molecule has 2 nitrogen and oxygen atoms in total. The molecule has 1 saturated carbocycles. The van der Waals surface area contributed by atoms with E-state index in [4.69, 9.17) is 0 Å². The molecule has 0 heterocycles. The Labute approximate surface area is 94.9 Å². The summed E-state index contributed by atoms with van der Waals surface area (Å²) >= 11 is 0. The fourth-order valence-corrected chi connectivity index (χ4v) is 1.69. The number of carbonyl (C=O) groups excluding carboxylic acids is 1. The fourth-order valence-electron chi connectivity index (χ4n) is 1.69. The van der Waals surface area contributed by atoms with E-state index < -0.39 is 0 Å². The van der Waals surface area contributed by atoms with Crippen molar-refractivity contribution in [3.8, 4) is 0 Å². The summed E-state index contributed by atoms with van der Waals surface area (Å²) in [6.07, 6.45) is 0.993. The molecule has 2 rings (SSSR count). The molecule has 1 amide bonds. The van der Waals surface area contributed by atoms with Gasteiger partial charge in [0.25, 0.3) is 5.91 Å². The Morgan fingerprint density at radius 3 is 2.62 bits per heavy atom. The standard InChI is InChI=1S/C13H16FNO/c1-8-4-5-9(6-10(8)14)12(16)15-11-7-13(11,2)3/h4-6,11H,7H2,1-3H3,(H,15,16)/t11-/m0/s1. The summed E-state index contributed by atoms with van der Waals surface area (Å²) in [7, 11) is 0. The molecule has 86 valence electrons. The third-order valence-electron chi connectivity index (χ3n) is 3.25. The molecule has 16 heavy (non-hydrogen) atoms. The summed E-state index contributed by atoms with van der Waals surface area (Å²) < 4.78 is 13.3. The zero-order valence-electron chi connectivity index (χ0n) is 9.80. The van der Waals surface area contributed by atoms with Crippen LogP contribution in [0, 0.1) is 18.2 Å². The second kappa shape index (κ2) is 3.58. The average Bonchev–Trinajstić information content (AvgIpc) is 2.78. The highest BCUT2D eigenvalue weighted by molar-refractivity contribution is 5.94. The van der Waals surface area contributed by atoms with Crippen molar-refractivity contribution in [3.05, 3.63) is 35.1 Å². The van der Waals surface area contributed by atoms with Crippen LogP contribution in [0.2, 0.25) is 0 Å². The van der Waals surface area contributed by atoms with Crippen molar-refractivity contribution in [2.24, 2.45) is 5.41 Å². The maximum Gasteiger partial charge on any atom is 0.251 e. The van der Waals surface area contributed by atoms with Gasteiger partial charge < -0.3 is 5.32 Å². The minimum atomic E-state index is -0.331. The van der Waals surface area contributed by atoms with E-state index in [1.807, 2.05) is 0 Å². The molecule has 1 fully saturated rings. The fraction of sp³-hybridized carbons (Fsp3) is 0.462. The van der Waals surface area contributed by atoms with Crippen molar-refractivity contribution in [2.75, 3.05) is 0 Å². The van der Waals surface area contributed by atoms with Crippen LogP contribution in [0.25, 0.3) is 0 Å². The first-order valence-electron chi connectivity index (χ1n) is 5.47. The summed E-state index contributed by atoms with van der Waals surface area (Å²) in [5, 5.41) is 2.90. The molecular weight excluding hydrogens is 205 g/mol. The predicted octanol–water partition coefficient (Wildman–Crippen LogP) is 2.66. The Morgan fingerprint density at radius 1 is 1.50 bits per heavy atom. The van der Waals surface area contributed by atoms with E-state index in [-0.39, 0.29) is 23.2 Å². The van der Waals surface area contributed by atoms with E-state index in [9.17, 15) is 9.18 Å². The van der Waals surface area contributed by atoms with E-state index >= 15 is 0 Å². The van der Waals surface area contributed by atoms with Crippen LogP contribution in [0.15, 0.2) is 18.2 Å². The van der Waals surface area contributed by atoms with Gasteiger partial charge in [0.1, 0.15) is 5.82 Å². The third-order valence-corrected chi connectivity index (χ3v) is 3.25. The van der Waals surface area contributed by atoms with Crippen molar-refractivity contribution in [2.45, 2.75) is 33.2 Å². The van der Waals surface area contributed by atoms with Crippen molar-refractivity contribution >= 4 is 5.91 Å². The molecule has 1 aromatic carbocycles. The van der Waals surface area contributed by atoms with Crippen LogP contribution >= 0.6 is 0 Å². The molecular formula is C13H16FNO. The van der Waals surface area contributed by atoms with Gasteiger partial charge in [0.05, 0.1) is 0 Å². The lowest BCUT2D eigenvalue weighted by Crippen LogP contribution is -2.28. The quantitative estimate of drug-likeness (QED) is 0.817. The first-order valence-corrected chi connectivity index (χ1v) is 5.47. The monoisotopic (exact) mass is 221 g/mol. The van der Waals surface area contributed by atoms with E-state index in [0.29, 0.717) is 11.1 Å². The van der Waals surface area contributed by atoms with Gasteiger partial charge in [-0.15, -0.1) is 0 Å². The largest absolute Gasteiger partial charge is 0.349 e. The van der Waals surface area contributed by atoms with Gasteiger partial charge in [-0.2, -0.15) is 0 Å². The number of amides is 1. The van der Waals surface area contributed by atoms with Crippen LogP contribution in [-0.4, -0.2) is 11.9 Å². The first kappa shape index (κ1) is 11.1. The van der Waals surface area contributed by atoms with Gasteiger partial charge in [-0.3, -0.25) is 4.79 Å². The summed E-state index contributed by atoms with van der Waals surface area (Å²) in [6.45, 7) is 5.89. The highest BCUT2D eigenvalue weighted by atomic mass is 19.1. The molecule has 0 bridgehead atoms. The van der Waals surface area contributed by atoms with E-state index in [0.717, 1.165) is 6.42 Å².